The predicted octanol–water partition coefficient (Wildman–Crippen LogP) is 1.68. The highest BCUT2D eigenvalue weighted by Crippen LogP contribution is 2.24. The molecular formula is C12H13BrN2O2. The molecule has 4 nitrogen and oxygen atoms in total. The zero-order chi connectivity index (χ0) is 12.4. The summed E-state index contributed by atoms with van der Waals surface area (Å²) < 4.78 is 0. The number of halogens is 1. The number of primary amides is 1. The Hall–Kier alpha value is -1.36. The third-order valence-corrected chi connectivity index (χ3v) is 3.69. The number of amides is 2. The number of nitrogens with two attached hydrogens (primary N) is 1. The monoisotopic (exact) mass is 296 g/mol. The largest absolute Gasteiger partial charge is 0.366 e. The van der Waals surface area contributed by atoms with Crippen LogP contribution in [0, 0.1) is 0 Å². The number of benzene rings is 1. The normalized spacial score (nSPS) is 20.4. The molecule has 2 rings (SSSR count). The van der Waals surface area contributed by atoms with Crippen molar-refractivity contribution in [3.63, 3.8) is 0 Å². The second-order valence-corrected chi connectivity index (χ2v) is 5.12. The second-order valence-electron chi connectivity index (χ2n) is 4.01. The summed E-state index contributed by atoms with van der Waals surface area (Å²) >= 11 is 3.36. The molecule has 1 heterocycles. The number of carbonyl (C=O) groups excluding carboxylic acids is 2. The van der Waals surface area contributed by atoms with Crippen molar-refractivity contribution in [1.82, 2.24) is 0 Å². The zero-order valence-electron chi connectivity index (χ0n) is 9.23. The topological polar surface area (TPSA) is 63.4 Å². The van der Waals surface area contributed by atoms with Gasteiger partial charge in [0.05, 0.1) is 4.83 Å². The molecule has 2 amide bonds. The third kappa shape index (κ3) is 2.49. The lowest BCUT2D eigenvalue weighted by atomic mass is 10.1. The van der Waals surface area contributed by atoms with E-state index in [1.165, 1.54) is 0 Å². The Morgan fingerprint density at radius 1 is 1.35 bits per heavy atom. The van der Waals surface area contributed by atoms with Gasteiger partial charge < -0.3 is 10.6 Å². The molecular weight excluding hydrogens is 284 g/mol. The molecule has 17 heavy (non-hydrogen) atoms. The van der Waals surface area contributed by atoms with Gasteiger partial charge in [0.15, 0.2) is 0 Å². The van der Waals surface area contributed by atoms with Gasteiger partial charge in [-0.3, -0.25) is 9.59 Å². The minimum atomic E-state index is -0.458. The quantitative estimate of drug-likeness (QED) is 0.844. The van der Waals surface area contributed by atoms with Crippen LogP contribution in [0.5, 0.6) is 0 Å². The Morgan fingerprint density at radius 2 is 2.00 bits per heavy atom. The first-order chi connectivity index (χ1) is 8.09. The molecule has 1 aliphatic rings. The van der Waals surface area contributed by atoms with Gasteiger partial charge in [-0.05, 0) is 37.1 Å². The van der Waals surface area contributed by atoms with Gasteiger partial charge in [0.1, 0.15) is 0 Å². The van der Waals surface area contributed by atoms with Crippen LogP contribution >= 0.6 is 15.9 Å². The van der Waals surface area contributed by atoms with Crippen molar-refractivity contribution >= 4 is 33.4 Å². The summed E-state index contributed by atoms with van der Waals surface area (Å²) in [6, 6.07) is 6.79. The Bertz CT molecular complexity index is 444. The van der Waals surface area contributed by atoms with E-state index in [0.717, 1.165) is 25.1 Å². The van der Waals surface area contributed by atoms with Gasteiger partial charge in [0.2, 0.25) is 11.8 Å². The Balaban J connectivity index is 2.22. The van der Waals surface area contributed by atoms with Crippen LogP contribution in [0.1, 0.15) is 23.2 Å². The molecule has 1 saturated heterocycles. The molecule has 1 aliphatic heterocycles. The first-order valence-electron chi connectivity index (χ1n) is 5.45. The molecule has 0 bridgehead atoms. The smallest absolute Gasteiger partial charge is 0.248 e. The van der Waals surface area contributed by atoms with Crippen molar-refractivity contribution < 1.29 is 9.59 Å². The number of rotatable bonds is 2. The van der Waals surface area contributed by atoms with E-state index >= 15 is 0 Å². The molecule has 0 spiro atoms. The van der Waals surface area contributed by atoms with E-state index in [2.05, 4.69) is 15.9 Å². The Kier molecular flexibility index (Phi) is 3.47. The summed E-state index contributed by atoms with van der Waals surface area (Å²) in [5.41, 5.74) is 6.43. The second kappa shape index (κ2) is 4.87. The first kappa shape index (κ1) is 12.1. The molecule has 1 aromatic rings. The maximum Gasteiger partial charge on any atom is 0.248 e. The number of anilines is 1. The van der Waals surface area contributed by atoms with Gasteiger partial charge in [0, 0.05) is 17.8 Å². The van der Waals surface area contributed by atoms with E-state index in [1.807, 2.05) is 0 Å². The lowest BCUT2D eigenvalue weighted by Crippen LogP contribution is -2.41. The van der Waals surface area contributed by atoms with Gasteiger partial charge in [-0.2, -0.15) is 0 Å². The van der Waals surface area contributed by atoms with Crippen LogP contribution in [-0.2, 0) is 4.79 Å². The lowest BCUT2D eigenvalue weighted by Gasteiger charge is -2.29. The third-order valence-electron chi connectivity index (χ3n) is 2.84. The van der Waals surface area contributed by atoms with Crippen LogP contribution < -0.4 is 10.6 Å². The molecule has 0 aromatic heterocycles. The number of hydrogen-bond acceptors (Lipinski definition) is 2. The lowest BCUT2D eigenvalue weighted by molar-refractivity contribution is -0.118. The van der Waals surface area contributed by atoms with E-state index in [4.69, 9.17) is 5.73 Å². The number of nitrogens with zero attached hydrogens (tertiary/aromatic N) is 1. The summed E-state index contributed by atoms with van der Waals surface area (Å²) in [4.78, 5) is 24.5. The average molecular weight is 297 g/mol. The van der Waals surface area contributed by atoms with Crippen LogP contribution in [0.25, 0.3) is 0 Å². The Morgan fingerprint density at radius 3 is 2.59 bits per heavy atom. The summed E-state index contributed by atoms with van der Waals surface area (Å²) in [5.74, 6) is -0.386. The molecule has 1 atom stereocenters. The highest BCUT2D eigenvalue weighted by atomic mass is 79.9. The number of alkyl halides is 1. The molecule has 0 aliphatic carbocycles. The van der Waals surface area contributed by atoms with Crippen molar-refractivity contribution in [1.29, 1.82) is 0 Å². The first-order valence-corrected chi connectivity index (χ1v) is 6.36. The maximum absolute atomic E-state index is 11.9. The van der Waals surface area contributed by atoms with E-state index in [9.17, 15) is 9.59 Å². The predicted molar refractivity (Wildman–Crippen MR) is 69.3 cm³/mol. The minimum Gasteiger partial charge on any atom is -0.366 e. The SMILES string of the molecule is NC(=O)c1ccc(N2CCCC(Br)C2=O)cc1. The fourth-order valence-electron chi connectivity index (χ4n) is 1.89. The van der Waals surface area contributed by atoms with E-state index in [1.54, 1.807) is 29.2 Å². The summed E-state index contributed by atoms with van der Waals surface area (Å²) in [7, 11) is 0. The molecule has 5 heteroatoms. The standard InChI is InChI=1S/C12H13BrN2O2/c13-10-2-1-7-15(12(10)17)9-5-3-8(4-6-9)11(14)16/h3-6,10H,1-2,7H2,(H2,14,16). The van der Waals surface area contributed by atoms with E-state index in [-0.39, 0.29) is 10.7 Å². The van der Waals surface area contributed by atoms with Crippen molar-refractivity contribution in [3.8, 4) is 0 Å². The van der Waals surface area contributed by atoms with Gasteiger partial charge in [0.25, 0.3) is 0 Å². The van der Waals surface area contributed by atoms with Crippen LogP contribution in [0.3, 0.4) is 0 Å². The molecule has 0 saturated carbocycles. The van der Waals surface area contributed by atoms with Gasteiger partial charge in [-0.25, -0.2) is 0 Å². The van der Waals surface area contributed by atoms with Crippen molar-refractivity contribution in [2.45, 2.75) is 17.7 Å². The van der Waals surface area contributed by atoms with Crippen LogP contribution in [0.15, 0.2) is 24.3 Å². The molecule has 1 aromatic carbocycles. The van der Waals surface area contributed by atoms with Crippen molar-refractivity contribution in [3.05, 3.63) is 29.8 Å². The fraction of sp³-hybridized carbons (Fsp3) is 0.333. The highest BCUT2D eigenvalue weighted by molar-refractivity contribution is 9.10. The zero-order valence-corrected chi connectivity index (χ0v) is 10.8. The summed E-state index contributed by atoms with van der Waals surface area (Å²) in [5, 5.41) is 0. The molecule has 1 unspecified atom stereocenters. The van der Waals surface area contributed by atoms with Gasteiger partial charge in [-0.1, -0.05) is 15.9 Å². The van der Waals surface area contributed by atoms with E-state index in [0.29, 0.717) is 5.56 Å². The number of piperidine rings is 1. The molecule has 90 valence electrons. The molecule has 0 radical (unpaired) electrons. The minimum absolute atomic E-state index is 0.0723. The van der Waals surface area contributed by atoms with Crippen LogP contribution in [-0.4, -0.2) is 23.2 Å². The molecule has 1 fully saturated rings. The highest BCUT2D eigenvalue weighted by Gasteiger charge is 2.27. The van der Waals surface area contributed by atoms with Crippen LogP contribution in [0.2, 0.25) is 0 Å². The van der Waals surface area contributed by atoms with Gasteiger partial charge in [-0.15, -0.1) is 0 Å². The summed E-state index contributed by atoms with van der Waals surface area (Å²) in [6.45, 7) is 0.719. The van der Waals surface area contributed by atoms with E-state index < -0.39 is 5.91 Å². The van der Waals surface area contributed by atoms with Gasteiger partial charge >= 0.3 is 0 Å². The number of hydrogen-bond donors (Lipinski definition) is 1. The fourth-order valence-corrected chi connectivity index (χ4v) is 2.46. The van der Waals surface area contributed by atoms with Crippen LogP contribution in [0.4, 0.5) is 5.69 Å². The number of carbonyl (C=O) groups is 2. The summed E-state index contributed by atoms with van der Waals surface area (Å²) in [6.07, 6.45) is 1.84. The van der Waals surface area contributed by atoms with Crippen molar-refractivity contribution in [2.75, 3.05) is 11.4 Å². The molecule has 2 N–H and O–H groups in total. The average Bonchev–Trinajstić information content (AvgIpc) is 2.33. The Labute approximate surface area is 108 Å². The maximum atomic E-state index is 11.9. The van der Waals surface area contributed by atoms with Crippen molar-refractivity contribution in [2.24, 2.45) is 5.73 Å².